The van der Waals surface area contributed by atoms with Crippen molar-refractivity contribution in [1.82, 2.24) is 30.4 Å². The Morgan fingerprint density at radius 1 is 1.40 bits per heavy atom. The molecule has 1 saturated heterocycles. The van der Waals surface area contributed by atoms with Crippen molar-refractivity contribution < 1.29 is 9.53 Å². The highest BCUT2D eigenvalue weighted by Gasteiger charge is 2.22. The molecule has 3 aromatic rings. The minimum absolute atomic E-state index is 0.00561. The summed E-state index contributed by atoms with van der Waals surface area (Å²) in [6.45, 7) is 2.67. The van der Waals surface area contributed by atoms with Gasteiger partial charge in [-0.2, -0.15) is 0 Å². The van der Waals surface area contributed by atoms with Gasteiger partial charge in [0.2, 0.25) is 5.13 Å². The summed E-state index contributed by atoms with van der Waals surface area (Å²) in [6.07, 6.45) is 3.45. The SMILES string of the molecule is Cc1ccc(C(=O)Nc2nnc(C3CCCO3)s2)cc1-n1cnnn1. The van der Waals surface area contributed by atoms with Gasteiger partial charge in [0.15, 0.2) is 0 Å². The molecule has 0 radical (unpaired) electrons. The second kappa shape index (κ2) is 6.65. The van der Waals surface area contributed by atoms with Crippen LogP contribution in [0.2, 0.25) is 0 Å². The van der Waals surface area contributed by atoms with Crippen LogP contribution >= 0.6 is 11.3 Å². The van der Waals surface area contributed by atoms with Crippen LogP contribution in [0, 0.1) is 6.92 Å². The number of ether oxygens (including phenoxy) is 1. The van der Waals surface area contributed by atoms with Gasteiger partial charge in [0.1, 0.15) is 17.4 Å². The van der Waals surface area contributed by atoms with Crippen molar-refractivity contribution in [2.75, 3.05) is 11.9 Å². The molecular weight excluding hydrogens is 342 g/mol. The Balaban J connectivity index is 1.52. The van der Waals surface area contributed by atoms with Crippen LogP contribution in [0.15, 0.2) is 24.5 Å². The summed E-state index contributed by atoms with van der Waals surface area (Å²) in [5.74, 6) is -0.260. The highest BCUT2D eigenvalue weighted by Crippen LogP contribution is 2.32. The maximum Gasteiger partial charge on any atom is 0.257 e. The van der Waals surface area contributed by atoms with Gasteiger partial charge in [-0.15, -0.1) is 15.3 Å². The summed E-state index contributed by atoms with van der Waals surface area (Å²) in [4.78, 5) is 12.5. The minimum Gasteiger partial charge on any atom is -0.371 e. The quantitative estimate of drug-likeness (QED) is 0.760. The molecule has 0 saturated carbocycles. The van der Waals surface area contributed by atoms with E-state index in [-0.39, 0.29) is 12.0 Å². The van der Waals surface area contributed by atoms with Crippen molar-refractivity contribution >= 4 is 22.4 Å². The van der Waals surface area contributed by atoms with Crippen molar-refractivity contribution in [2.24, 2.45) is 0 Å². The molecule has 25 heavy (non-hydrogen) atoms. The third kappa shape index (κ3) is 3.26. The molecule has 1 amide bonds. The van der Waals surface area contributed by atoms with Gasteiger partial charge in [-0.25, -0.2) is 4.68 Å². The lowest BCUT2D eigenvalue weighted by molar-refractivity contribution is 0.102. The Morgan fingerprint density at radius 2 is 2.32 bits per heavy atom. The fourth-order valence-corrected chi connectivity index (χ4v) is 3.45. The fraction of sp³-hybridized carbons (Fsp3) is 0.333. The molecule has 1 aliphatic rings. The molecule has 1 fully saturated rings. The molecule has 10 heteroatoms. The van der Waals surface area contributed by atoms with E-state index in [1.165, 1.54) is 22.3 Å². The van der Waals surface area contributed by atoms with Crippen LogP contribution < -0.4 is 5.32 Å². The number of carbonyl (C=O) groups is 1. The Labute approximate surface area is 147 Å². The molecule has 3 heterocycles. The van der Waals surface area contributed by atoms with E-state index in [0.29, 0.717) is 10.7 Å². The van der Waals surface area contributed by atoms with Gasteiger partial charge in [-0.3, -0.25) is 10.1 Å². The average molecular weight is 357 g/mol. The zero-order valence-electron chi connectivity index (χ0n) is 13.4. The lowest BCUT2D eigenvalue weighted by Gasteiger charge is -2.07. The Kier molecular flexibility index (Phi) is 4.20. The molecule has 1 aliphatic heterocycles. The van der Waals surface area contributed by atoms with E-state index in [9.17, 15) is 4.79 Å². The minimum atomic E-state index is -0.260. The summed E-state index contributed by atoms with van der Waals surface area (Å²) in [5.41, 5.74) is 2.19. The molecule has 1 N–H and O–H groups in total. The molecular formula is C15H15N7O2S. The smallest absolute Gasteiger partial charge is 0.257 e. The molecule has 1 aromatic carbocycles. The molecule has 0 aliphatic carbocycles. The van der Waals surface area contributed by atoms with Gasteiger partial charge in [0.25, 0.3) is 5.91 Å². The first-order chi connectivity index (χ1) is 12.2. The largest absolute Gasteiger partial charge is 0.371 e. The third-order valence-electron chi connectivity index (χ3n) is 3.93. The molecule has 1 atom stereocenters. The van der Waals surface area contributed by atoms with Crippen molar-refractivity contribution in [3.8, 4) is 5.69 Å². The normalized spacial score (nSPS) is 16.9. The number of tetrazole rings is 1. The highest BCUT2D eigenvalue weighted by molar-refractivity contribution is 7.15. The molecule has 0 bridgehead atoms. The lowest BCUT2D eigenvalue weighted by Crippen LogP contribution is -2.12. The van der Waals surface area contributed by atoms with Crippen molar-refractivity contribution in [2.45, 2.75) is 25.9 Å². The summed E-state index contributed by atoms with van der Waals surface area (Å²) in [6, 6.07) is 5.34. The maximum absolute atomic E-state index is 12.5. The third-order valence-corrected chi connectivity index (χ3v) is 4.86. The number of hydrogen-bond acceptors (Lipinski definition) is 8. The van der Waals surface area contributed by atoms with Crippen LogP contribution in [0.3, 0.4) is 0 Å². The molecule has 128 valence electrons. The van der Waals surface area contributed by atoms with E-state index in [1.54, 1.807) is 12.1 Å². The first-order valence-electron chi connectivity index (χ1n) is 7.81. The molecule has 1 unspecified atom stereocenters. The average Bonchev–Trinajstić information content (AvgIpc) is 3.37. The van der Waals surface area contributed by atoms with Gasteiger partial charge < -0.3 is 4.74 Å². The van der Waals surface area contributed by atoms with E-state index >= 15 is 0 Å². The molecule has 4 rings (SSSR count). The molecule has 2 aromatic heterocycles. The van der Waals surface area contributed by atoms with Crippen LogP contribution in [0.1, 0.15) is 39.9 Å². The first kappa shape index (κ1) is 15.8. The van der Waals surface area contributed by atoms with Crippen molar-refractivity contribution in [3.63, 3.8) is 0 Å². The van der Waals surface area contributed by atoms with Crippen LogP contribution in [0.25, 0.3) is 5.69 Å². The van der Waals surface area contributed by atoms with Crippen LogP contribution in [0.4, 0.5) is 5.13 Å². The zero-order valence-corrected chi connectivity index (χ0v) is 14.2. The number of benzene rings is 1. The molecule has 9 nitrogen and oxygen atoms in total. The number of nitrogens with zero attached hydrogens (tertiary/aromatic N) is 6. The predicted molar refractivity (Wildman–Crippen MR) is 89.7 cm³/mol. The number of amides is 1. The van der Waals surface area contributed by atoms with Gasteiger partial charge in [-0.1, -0.05) is 17.4 Å². The van der Waals surface area contributed by atoms with Crippen LogP contribution in [-0.4, -0.2) is 42.9 Å². The summed E-state index contributed by atoms with van der Waals surface area (Å²) < 4.78 is 7.11. The number of anilines is 1. The topological polar surface area (TPSA) is 108 Å². The predicted octanol–water partition coefficient (Wildman–Crippen LogP) is 1.93. The number of carbonyl (C=O) groups excluding carboxylic acids is 1. The Morgan fingerprint density at radius 3 is 3.08 bits per heavy atom. The van der Waals surface area contributed by atoms with E-state index in [1.807, 2.05) is 13.0 Å². The van der Waals surface area contributed by atoms with Crippen molar-refractivity contribution in [3.05, 3.63) is 40.7 Å². The summed E-state index contributed by atoms with van der Waals surface area (Å²) in [5, 5.41) is 23.3. The number of aromatic nitrogens is 6. The van der Waals surface area contributed by atoms with E-state index < -0.39 is 0 Å². The standard InChI is InChI=1S/C15H15N7O2S/c1-9-4-5-10(7-11(9)22-8-16-20-21-22)13(23)17-15-19-18-14(25-15)12-3-2-6-24-12/h4-5,7-8,12H,2-3,6H2,1H3,(H,17,19,23). The van der Waals surface area contributed by atoms with E-state index in [0.717, 1.165) is 35.7 Å². The fourth-order valence-electron chi connectivity index (χ4n) is 2.63. The number of rotatable bonds is 4. The van der Waals surface area contributed by atoms with E-state index in [4.69, 9.17) is 4.74 Å². The lowest BCUT2D eigenvalue weighted by atomic mass is 10.1. The summed E-state index contributed by atoms with van der Waals surface area (Å²) in [7, 11) is 0. The first-order valence-corrected chi connectivity index (χ1v) is 8.63. The van der Waals surface area contributed by atoms with Gasteiger partial charge in [0, 0.05) is 12.2 Å². The van der Waals surface area contributed by atoms with Crippen molar-refractivity contribution in [1.29, 1.82) is 0 Å². The number of hydrogen-bond donors (Lipinski definition) is 1. The highest BCUT2D eigenvalue weighted by atomic mass is 32.1. The summed E-state index contributed by atoms with van der Waals surface area (Å²) >= 11 is 1.34. The van der Waals surface area contributed by atoms with Gasteiger partial charge >= 0.3 is 0 Å². The van der Waals surface area contributed by atoms with Crippen LogP contribution in [-0.2, 0) is 4.74 Å². The Bertz CT molecular complexity index is 887. The zero-order chi connectivity index (χ0) is 17.2. The molecule has 0 spiro atoms. The maximum atomic E-state index is 12.5. The van der Waals surface area contributed by atoms with Crippen LogP contribution in [0.5, 0.6) is 0 Å². The van der Waals surface area contributed by atoms with E-state index in [2.05, 4.69) is 31.0 Å². The number of aryl methyl sites for hydroxylation is 1. The van der Waals surface area contributed by atoms with Gasteiger partial charge in [0.05, 0.1) is 5.69 Å². The Hall–Kier alpha value is -2.72. The number of nitrogens with one attached hydrogen (secondary N) is 1. The second-order valence-electron chi connectivity index (χ2n) is 5.66. The monoisotopic (exact) mass is 357 g/mol. The second-order valence-corrected chi connectivity index (χ2v) is 6.67. The van der Waals surface area contributed by atoms with Gasteiger partial charge in [-0.05, 0) is 47.9 Å².